The summed E-state index contributed by atoms with van der Waals surface area (Å²) in [6.45, 7) is 6.33. The molecule has 2 aliphatic heterocycles. The summed E-state index contributed by atoms with van der Waals surface area (Å²) in [6, 6.07) is 4.12. The first-order valence-electron chi connectivity index (χ1n) is 8.39. The lowest BCUT2D eigenvalue weighted by Gasteiger charge is -2.42. The first kappa shape index (κ1) is 16.3. The highest BCUT2D eigenvalue weighted by atomic mass is 19.1. The van der Waals surface area contributed by atoms with Crippen molar-refractivity contribution in [2.24, 2.45) is 0 Å². The van der Waals surface area contributed by atoms with Gasteiger partial charge in [0.15, 0.2) is 11.6 Å². The lowest BCUT2D eigenvalue weighted by Crippen LogP contribution is -2.52. The Morgan fingerprint density at radius 3 is 2.35 bits per heavy atom. The second-order valence-corrected chi connectivity index (χ2v) is 6.58. The van der Waals surface area contributed by atoms with Gasteiger partial charge in [0.05, 0.1) is 18.5 Å². The summed E-state index contributed by atoms with van der Waals surface area (Å²) in [5.74, 6) is -0.186. The molecule has 3 rings (SSSR count). The van der Waals surface area contributed by atoms with Crippen molar-refractivity contribution >= 4 is 11.4 Å². The van der Waals surface area contributed by atoms with Gasteiger partial charge in [0.1, 0.15) is 0 Å². The third-order valence-electron chi connectivity index (χ3n) is 5.17. The molecule has 0 radical (unpaired) electrons. The molecule has 2 aliphatic rings. The van der Waals surface area contributed by atoms with E-state index in [2.05, 4.69) is 21.7 Å². The van der Waals surface area contributed by atoms with Gasteiger partial charge in [-0.1, -0.05) is 0 Å². The number of likely N-dealkylation sites (N-methyl/N-ethyl adjacent to an activating group) is 1. The van der Waals surface area contributed by atoms with Gasteiger partial charge in [0.25, 0.3) is 0 Å². The van der Waals surface area contributed by atoms with Crippen LogP contribution in [0.5, 0.6) is 5.75 Å². The summed E-state index contributed by atoms with van der Waals surface area (Å²) in [5, 5.41) is 0. The van der Waals surface area contributed by atoms with Gasteiger partial charge in [0, 0.05) is 45.3 Å². The standard InChI is InChI=1S/C17H27FN4O/c1-20-9-11-21(12-10-20)13-5-7-22(8-6-13)15-4-3-14(19)17(23-2)16(15)18/h3-4,13H,5-12,19H2,1-2H3. The first-order valence-corrected chi connectivity index (χ1v) is 8.39. The molecule has 2 heterocycles. The number of benzene rings is 1. The molecule has 128 valence electrons. The van der Waals surface area contributed by atoms with Crippen molar-refractivity contribution in [2.75, 3.05) is 64.1 Å². The van der Waals surface area contributed by atoms with Crippen LogP contribution in [0.1, 0.15) is 12.8 Å². The molecule has 0 aliphatic carbocycles. The molecule has 0 spiro atoms. The quantitative estimate of drug-likeness (QED) is 0.857. The van der Waals surface area contributed by atoms with Crippen molar-refractivity contribution in [2.45, 2.75) is 18.9 Å². The third-order valence-corrected chi connectivity index (χ3v) is 5.17. The molecule has 0 amide bonds. The van der Waals surface area contributed by atoms with Crippen LogP contribution >= 0.6 is 0 Å². The molecule has 2 saturated heterocycles. The van der Waals surface area contributed by atoms with E-state index in [0.717, 1.165) is 52.1 Å². The number of anilines is 2. The summed E-state index contributed by atoms with van der Waals surface area (Å²) < 4.78 is 19.6. The molecule has 1 aromatic rings. The van der Waals surface area contributed by atoms with Crippen molar-refractivity contribution in [1.29, 1.82) is 0 Å². The molecular weight excluding hydrogens is 295 g/mol. The average molecular weight is 322 g/mol. The highest BCUT2D eigenvalue weighted by Crippen LogP contribution is 2.34. The van der Waals surface area contributed by atoms with Crippen LogP contribution in [0.4, 0.5) is 15.8 Å². The summed E-state index contributed by atoms with van der Waals surface area (Å²) in [5.41, 5.74) is 6.72. The second-order valence-electron chi connectivity index (χ2n) is 6.58. The molecule has 0 bridgehead atoms. The smallest absolute Gasteiger partial charge is 0.190 e. The number of halogens is 1. The van der Waals surface area contributed by atoms with E-state index in [0.29, 0.717) is 17.4 Å². The number of piperazine rings is 1. The number of ether oxygens (including phenoxy) is 1. The molecule has 0 saturated carbocycles. The molecule has 2 fully saturated rings. The number of hydrogen-bond donors (Lipinski definition) is 1. The van der Waals surface area contributed by atoms with Crippen molar-refractivity contribution in [3.05, 3.63) is 17.9 Å². The number of rotatable bonds is 3. The number of nitrogens with zero attached hydrogens (tertiary/aromatic N) is 3. The Kier molecular flexibility index (Phi) is 4.92. The zero-order valence-electron chi connectivity index (χ0n) is 14.1. The molecule has 23 heavy (non-hydrogen) atoms. The average Bonchev–Trinajstić information content (AvgIpc) is 2.56. The highest BCUT2D eigenvalue weighted by molar-refractivity contribution is 5.63. The van der Waals surface area contributed by atoms with Crippen LogP contribution in [0.25, 0.3) is 0 Å². The van der Waals surface area contributed by atoms with Crippen LogP contribution in [0.2, 0.25) is 0 Å². The van der Waals surface area contributed by atoms with Crippen molar-refractivity contribution < 1.29 is 9.13 Å². The Bertz CT molecular complexity index is 538. The van der Waals surface area contributed by atoms with Gasteiger partial charge in [-0.15, -0.1) is 0 Å². The first-order chi connectivity index (χ1) is 11.1. The maximum Gasteiger partial charge on any atom is 0.190 e. The van der Waals surface area contributed by atoms with E-state index in [4.69, 9.17) is 10.5 Å². The van der Waals surface area contributed by atoms with Crippen LogP contribution in [-0.2, 0) is 0 Å². The van der Waals surface area contributed by atoms with Crippen LogP contribution in [0.15, 0.2) is 12.1 Å². The van der Waals surface area contributed by atoms with Gasteiger partial charge in [-0.25, -0.2) is 4.39 Å². The van der Waals surface area contributed by atoms with Crippen molar-refractivity contribution in [1.82, 2.24) is 9.80 Å². The van der Waals surface area contributed by atoms with Crippen LogP contribution in [-0.4, -0.2) is 69.3 Å². The molecule has 5 nitrogen and oxygen atoms in total. The minimum atomic E-state index is -0.342. The molecule has 2 N–H and O–H groups in total. The Labute approximate surface area is 137 Å². The van der Waals surface area contributed by atoms with E-state index in [1.807, 2.05) is 0 Å². The van der Waals surface area contributed by atoms with Crippen molar-refractivity contribution in [3.8, 4) is 5.75 Å². The lowest BCUT2D eigenvalue weighted by molar-refractivity contribution is 0.0981. The number of hydrogen-bond acceptors (Lipinski definition) is 5. The minimum absolute atomic E-state index is 0.156. The van der Waals surface area contributed by atoms with E-state index in [1.165, 1.54) is 7.11 Å². The maximum absolute atomic E-state index is 14.6. The predicted octanol–water partition coefficient (Wildman–Crippen LogP) is 1.63. The second kappa shape index (κ2) is 6.93. The number of nitrogens with two attached hydrogens (primary N) is 1. The van der Waals surface area contributed by atoms with Gasteiger partial charge in [-0.2, -0.15) is 0 Å². The summed E-state index contributed by atoms with van der Waals surface area (Å²) in [4.78, 5) is 7.09. The SMILES string of the molecule is COc1c(N)ccc(N2CCC(N3CCN(C)CC3)CC2)c1F. The highest BCUT2D eigenvalue weighted by Gasteiger charge is 2.28. The van der Waals surface area contributed by atoms with E-state index in [9.17, 15) is 4.39 Å². The number of nitrogen functional groups attached to an aromatic ring is 1. The maximum atomic E-state index is 14.6. The van der Waals surface area contributed by atoms with Crippen LogP contribution in [0.3, 0.4) is 0 Å². The minimum Gasteiger partial charge on any atom is -0.492 e. The van der Waals surface area contributed by atoms with E-state index < -0.39 is 0 Å². The summed E-state index contributed by atoms with van der Waals surface area (Å²) in [7, 11) is 3.63. The van der Waals surface area contributed by atoms with Gasteiger partial charge in [0.2, 0.25) is 0 Å². The topological polar surface area (TPSA) is 45.0 Å². The Morgan fingerprint density at radius 1 is 1.09 bits per heavy atom. The van der Waals surface area contributed by atoms with Crippen LogP contribution in [0, 0.1) is 5.82 Å². The number of methoxy groups -OCH3 is 1. The normalized spacial score (nSPS) is 21.6. The van der Waals surface area contributed by atoms with Crippen molar-refractivity contribution in [3.63, 3.8) is 0 Å². The Hall–Kier alpha value is -1.53. The Morgan fingerprint density at radius 2 is 1.74 bits per heavy atom. The zero-order valence-corrected chi connectivity index (χ0v) is 14.1. The van der Waals surface area contributed by atoms with Gasteiger partial charge < -0.3 is 20.3 Å². The summed E-state index contributed by atoms with van der Waals surface area (Å²) >= 11 is 0. The Balaban J connectivity index is 1.63. The van der Waals surface area contributed by atoms with Gasteiger partial charge >= 0.3 is 0 Å². The number of piperidine rings is 1. The molecular formula is C17H27FN4O. The molecule has 6 heteroatoms. The van der Waals surface area contributed by atoms with E-state index in [-0.39, 0.29) is 11.6 Å². The predicted molar refractivity (Wildman–Crippen MR) is 91.7 cm³/mol. The molecule has 0 unspecified atom stereocenters. The zero-order chi connectivity index (χ0) is 16.4. The monoisotopic (exact) mass is 322 g/mol. The van der Waals surface area contributed by atoms with Gasteiger partial charge in [-0.05, 0) is 32.0 Å². The van der Waals surface area contributed by atoms with E-state index in [1.54, 1.807) is 12.1 Å². The molecule has 1 aromatic carbocycles. The molecule has 0 atom stereocenters. The fourth-order valence-corrected chi connectivity index (χ4v) is 3.67. The van der Waals surface area contributed by atoms with Gasteiger partial charge in [-0.3, -0.25) is 4.90 Å². The molecule has 0 aromatic heterocycles. The third kappa shape index (κ3) is 3.38. The lowest BCUT2D eigenvalue weighted by atomic mass is 10.0. The van der Waals surface area contributed by atoms with E-state index >= 15 is 0 Å². The largest absolute Gasteiger partial charge is 0.492 e. The fourth-order valence-electron chi connectivity index (χ4n) is 3.67. The van der Waals surface area contributed by atoms with Crippen LogP contribution < -0.4 is 15.4 Å². The summed E-state index contributed by atoms with van der Waals surface area (Å²) in [6.07, 6.45) is 2.16. The fraction of sp³-hybridized carbons (Fsp3) is 0.647.